The number of hydrogen-bond acceptors (Lipinski definition) is 6. The van der Waals surface area contributed by atoms with Crippen molar-refractivity contribution < 1.29 is 4.79 Å². The second-order valence-electron chi connectivity index (χ2n) is 8.37. The van der Waals surface area contributed by atoms with Crippen LogP contribution < -0.4 is 0 Å². The maximum Gasteiger partial charge on any atom is 0.236 e. The van der Waals surface area contributed by atoms with Crippen molar-refractivity contribution in [2.75, 3.05) is 39.3 Å². The molecule has 4 heterocycles. The monoisotopic (exact) mass is 392 g/mol. The summed E-state index contributed by atoms with van der Waals surface area (Å²) in [6.45, 7) is 5.91. The molecule has 1 saturated carbocycles. The van der Waals surface area contributed by atoms with Crippen LogP contribution in [-0.4, -0.2) is 81.1 Å². The molecule has 0 aromatic carbocycles. The quantitative estimate of drug-likeness (QED) is 0.787. The summed E-state index contributed by atoms with van der Waals surface area (Å²) in [6.07, 6.45) is 6.65. The van der Waals surface area contributed by atoms with Crippen molar-refractivity contribution in [1.29, 1.82) is 0 Å². The predicted octanol–water partition coefficient (Wildman–Crippen LogP) is 1.59. The number of piperazine rings is 1. The number of carbonyl (C=O) groups excluding carboxylic acids is 1. The minimum absolute atomic E-state index is 0.256. The highest BCUT2D eigenvalue weighted by Crippen LogP contribution is 2.26. The van der Waals surface area contributed by atoms with Crippen LogP contribution in [-0.2, 0) is 17.8 Å². The molecule has 5 rings (SSSR count). The first-order valence-electron chi connectivity index (χ1n) is 10.8. The van der Waals surface area contributed by atoms with Crippen LogP contribution in [0.25, 0.3) is 11.4 Å². The lowest BCUT2D eigenvalue weighted by atomic mass is 9.91. The molecule has 2 aliphatic heterocycles. The van der Waals surface area contributed by atoms with E-state index in [1.54, 1.807) is 6.20 Å². The Hall–Kier alpha value is -2.38. The van der Waals surface area contributed by atoms with Gasteiger partial charge in [-0.2, -0.15) is 5.10 Å². The molecule has 1 amide bonds. The molecule has 7 heteroatoms. The van der Waals surface area contributed by atoms with Crippen LogP contribution in [0.2, 0.25) is 0 Å². The fourth-order valence-electron chi connectivity index (χ4n) is 4.56. The maximum atomic E-state index is 12.9. The van der Waals surface area contributed by atoms with Crippen molar-refractivity contribution in [3.63, 3.8) is 0 Å². The summed E-state index contributed by atoms with van der Waals surface area (Å²) in [5, 5.41) is 8.11. The zero-order valence-corrected chi connectivity index (χ0v) is 16.8. The summed E-state index contributed by atoms with van der Waals surface area (Å²) in [4.78, 5) is 24.5. The maximum absolute atomic E-state index is 12.9. The van der Waals surface area contributed by atoms with E-state index in [4.69, 9.17) is 4.98 Å². The second-order valence-corrected chi connectivity index (χ2v) is 8.37. The summed E-state index contributed by atoms with van der Waals surface area (Å²) in [5.74, 6) is 0.256. The average molecular weight is 393 g/mol. The molecule has 29 heavy (non-hydrogen) atoms. The number of nitrogens with zero attached hydrogens (tertiary/aromatic N) is 6. The van der Waals surface area contributed by atoms with Crippen LogP contribution >= 0.6 is 0 Å². The lowest BCUT2D eigenvalue weighted by molar-refractivity contribution is -0.135. The fraction of sp³-hybridized carbons (Fsp3) is 0.545. The van der Waals surface area contributed by atoms with Crippen molar-refractivity contribution >= 4 is 5.91 Å². The molecule has 152 valence electrons. The van der Waals surface area contributed by atoms with Gasteiger partial charge in [0.2, 0.25) is 5.91 Å². The van der Waals surface area contributed by atoms with Gasteiger partial charge in [0.25, 0.3) is 0 Å². The van der Waals surface area contributed by atoms with Crippen LogP contribution in [0, 0.1) is 0 Å². The Morgan fingerprint density at radius 1 is 1.03 bits per heavy atom. The molecular weight excluding hydrogens is 364 g/mol. The lowest BCUT2D eigenvalue weighted by Crippen LogP contribution is -2.55. The summed E-state index contributed by atoms with van der Waals surface area (Å²) >= 11 is 0. The molecule has 2 aromatic rings. The van der Waals surface area contributed by atoms with Gasteiger partial charge in [0.1, 0.15) is 5.69 Å². The SMILES string of the molecule is O=C(CN1CCc2ccc(-c3cccnn3)nc2C1)N1CCN(C2CCC2)CC1. The third-order valence-electron chi connectivity index (χ3n) is 6.59. The molecule has 3 aliphatic rings. The van der Waals surface area contributed by atoms with Crippen molar-refractivity contribution in [3.05, 3.63) is 41.7 Å². The number of carbonyl (C=O) groups is 1. The van der Waals surface area contributed by atoms with Crippen LogP contribution in [0.1, 0.15) is 30.5 Å². The van der Waals surface area contributed by atoms with E-state index in [2.05, 4.69) is 26.1 Å². The highest BCUT2D eigenvalue weighted by molar-refractivity contribution is 5.78. The van der Waals surface area contributed by atoms with Crippen molar-refractivity contribution in [2.24, 2.45) is 0 Å². The summed E-state index contributed by atoms with van der Waals surface area (Å²) < 4.78 is 0. The third kappa shape index (κ3) is 4.02. The van der Waals surface area contributed by atoms with E-state index in [0.717, 1.165) is 68.8 Å². The zero-order valence-electron chi connectivity index (χ0n) is 16.8. The summed E-state index contributed by atoms with van der Waals surface area (Å²) in [6, 6.07) is 8.74. The van der Waals surface area contributed by atoms with Crippen LogP contribution in [0.3, 0.4) is 0 Å². The fourth-order valence-corrected chi connectivity index (χ4v) is 4.56. The first-order valence-corrected chi connectivity index (χ1v) is 10.8. The standard InChI is InChI=1S/C22H28N6O/c29-22(28-13-11-27(12-14-28)18-3-1-4-18)16-26-10-8-17-6-7-19(24-21(17)15-26)20-5-2-9-23-25-20/h2,5-7,9,18H,1,3-4,8,10-16H2. The number of aromatic nitrogens is 3. The Balaban J connectivity index is 1.19. The average Bonchev–Trinajstić information content (AvgIpc) is 2.73. The first kappa shape index (κ1) is 18.6. The minimum Gasteiger partial charge on any atom is -0.339 e. The van der Waals surface area contributed by atoms with E-state index in [1.165, 1.54) is 24.8 Å². The van der Waals surface area contributed by atoms with E-state index in [0.29, 0.717) is 6.54 Å². The van der Waals surface area contributed by atoms with Gasteiger partial charge in [0.15, 0.2) is 0 Å². The van der Waals surface area contributed by atoms with Crippen molar-refractivity contribution in [1.82, 2.24) is 29.9 Å². The van der Waals surface area contributed by atoms with E-state index in [-0.39, 0.29) is 5.91 Å². The number of fused-ring (bicyclic) bond motifs is 1. The van der Waals surface area contributed by atoms with Gasteiger partial charge >= 0.3 is 0 Å². The highest BCUT2D eigenvalue weighted by Gasteiger charge is 2.30. The Morgan fingerprint density at radius 2 is 1.90 bits per heavy atom. The molecule has 7 nitrogen and oxygen atoms in total. The Labute approximate surface area is 171 Å². The molecular formula is C22H28N6O. The second kappa shape index (κ2) is 8.16. The largest absolute Gasteiger partial charge is 0.339 e. The van der Waals surface area contributed by atoms with Crippen LogP contribution in [0.4, 0.5) is 0 Å². The Morgan fingerprint density at radius 3 is 2.62 bits per heavy atom. The van der Waals surface area contributed by atoms with Crippen molar-refractivity contribution in [3.8, 4) is 11.4 Å². The Kier molecular flexibility index (Phi) is 5.24. The minimum atomic E-state index is 0.256. The molecule has 1 aliphatic carbocycles. The third-order valence-corrected chi connectivity index (χ3v) is 6.59. The smallest absolute Gasteiger partial charge is 0.236 e. The Bertz CT molecular complexity index is 861. The molecule has 1 saturated heterocycles. The molecule has 0 bridgehead atoms. The van der Waals surface area contributed by atoms with Gasteiger partial charge in [0.05, 0.1) is 17.9 Å². The van der Waals surface area contributed by atoms with Crippen molar-refractivity contribution in [2.45, 2.75) is 38.3 Å². The lowest BCUT2D eigenvalue weighted by Gasteiger charge is -2.43. The van der Waals surface area contributed by atoms with Gasteiger partial charge < -0.3 is 4.90 Å². The molecule has 0 radical (unpaired) electrons. The van der Waals surface area contributed by atoms with E-state index in [9.17, 15) is 4.79 Å². The molecule has 0 N–H and O–H groups in total. The molecule has 0 spiro atoms. The van der Waals surface area contributed by atoms with Crippen LogP contribution in [0.15, 0.2) is 30.5 Å². The molecule has 2 fully saturated rings. The van der Waals surface area contributed by atoms with E-state index >= 15 is 0 Å². The van der Waals surface area contributed by atoms with Gasteiger partial charge in [0, 0.05) is 51.5 Å². The van der Waals surface area contributed by atoms with Gasteiger partial charge in [-0.1, -0.05) is 12.5 Å². The number of rotatable bonds is 4. The van der Waals surface area contributed by atoms with E-state index < -0.39 is 0 Å². The van der Waals surface area contributed by atoms with Gasteiger partial charge in [-0.05, 0) is 43.0 Å². The first-order chi connectivity index (χ1) is 14.3. The zero-order chi connectivity index (χ0) is 19.6. The van der Waals surface area contributed by atoms with Crippen LogP contribution in [0.5, 0.6) is 0 Å². The summed E-state index contributed by atoms with van der Waals surface area (Å²) in [5.41, 5.74) is 3.96. The molecule has 0 unspecified atom stereocenters. The predicted molar refractivity (Wildman–Crippen MR) is 110 cm³/mol. The van der Waals surface area contributed by atoms with Gasteiger partial charge in [-0.15, -0.1) is 5.10 Å². The molecule has 2 aromatic heterocycles. The number of pyridine rings is 1. The van der Waals surface area contributed by atoms with Gasteiger partial charge in [-0.25, -0.2) is 4.98 Å². The highest BCUT2D eigenvalue weighted by atomic mass is 16.2. The molecule has 0 atom stereocenters. The number of hydrogen-bond donors (Lipinski definition) is 0. The van der Waals surface area contributed by atoms with E-state index in [1.807, 2.05) is 23.1 Å². The summed E-state index contributed by atoms with van der Waals surface area (Å²) in [7, 11) is 0. The normalized spacial score (nSPS) is 20.9. The van der Waals surface area contributed by atoms with Gasteiger partial charge in [-0.3, -0.25) is 14.6 Å². The number of amides is 1. The topological polar surface area (TPSA) is 65.5 Å².